The highest BCUT2D eigenvalue weighted by Crippen LogP contribution is 2.17. The Morgan fingerprint density at radius 3 is 3.12 bits per heavy atom. The molecule has 1 unspecified atom stereocenters. The number of likely N-dealkylation sites (tertiary alicyclic amines) is 1. The van der Waals surface area contributed by atoms with Crippen LogP contribution in [0.15, 0.2) is 22.8 Å². The number of piperidine rings is 1. The molecule has 84 valence electrons. The molecule has 1 atom stereocenters. The number of nitriles is 1. The van der Waals surface area contributed by atoms with E-state index in [-0.39, 0.29) is 5.92 Å². The Hall–Kier alpha value is -0.920. The zero-order chi connectivity index (χ0) is 11.4. The minimum Gasteiger partial charge on any atom is -0.296 e. The van der Waals surface area contributed by atoms with Gasteiger partial charge in [0.2, 0.25) is 0 Å². The Bertz CT molecular complexity index is 382. The Morgan fingerprint density at radius 2 is 2.44 bits per heavy atom. The monoisotopic (exact) mass is 279 g/mol. The van der Waals surface area contributed by atoms with Crippen molar-refractivity contribution >= 4 is 15.9 Å². The first-order valence-corrected chi connectivity index (χ1v) is 6.29. The van der Waals surface area contributed by atoms with E-state index >= 15 is 0 Å². The second-order valence-electron chi connectivity index (χ2n) is 4.17. The minimum atomic E-state index is 0.198. The summed E-state index contributed by atoms with van der Waals surface area (Å²) in [6, 6.07) is 6.40. The summed E-state index contributed by atoms with van der Waals surface area (Å²) in [7, 11) is 0. The molecule has 1 aromatic rings. The van der Waals surface area contributed by atoms with Gasteiger partial charge in [-0.25, -0.2) is 0 Å². The molecule has 0 saturated carbocycles. The lowest BCUT2D eigenvalue weighted by Crippen LogP contribution is -2.34. The van der Waals surface area contributed by atoms with Crippen molar-refractivity contribution in [2.24, 2.45) is 5.92 Å². The molecule has 4 heteroatoms. The molecule has 3 nitrogen and oxygen atoms in total. The number of nitrogens with zero attached hydrogens (tertiary/aromatic N) is 3. The molecule has 0 spiro atoms. The summed E-state index contributed by atoms with van der Waals surface area (Å²) >= 11 is 3.37. The maximum atomic E-state index is 8.91. The summed E-state index contributed by atoms with van der Waals surface area (Å²) in [5.41, 5.74) is 1.07. The van der Waals surface area contributed by atoms with Gasteiger partial charge in [-0.05, 0) is 47.4 Å². The van der Waals surface area contributed by atoms with Gasteiger partial charge in [0.25, 0.3) is 0 Å². The van der Waals surface area contributed by atoms with Gasteiger partial charge in [0.05, 0.1) is 17.7 Å². The molecular weight excluding hydrogens is 266 g/mol. The number of aromatic nitrogens is 1. The Kier molecular flexibility index (Phi) is 3.92. The number of hydrogen-bond donors (Lipinski definition) is 0. The predicted octanol–water partition coefficient (Wildman–Crippen LogP) is 2.58. The van der Waals surface area contributed by atoms with Gasteiger partial charge in [-0.15, -0.1) is 0 Å². The van der Waals surface area contributed by atoms with E-state index in [0.29, 0.717) is 0 Å². The molecule has 1 aliphatic rings. The molecule has 1 fully saturated rings. The third kappa shape index (κ3) is 3.03. The van der Waals surface area contributed by atoms with Crippen molar-refractivity contribution in [3.63, 3.8) is 0 Å². The van der Waals surface area contributed by atoms with E-state index in [2.05, 4.69) is 31.9 Å². The van der Waals surface area contributed by atoms with Gasteiger partial charge >= 0.3 is 0 Å². The fourth-order valence-corrected chi connectivity index (χ4v) is 2.27. The van der Waals surface area contributed by atoms with Gasteiger partial charge in [0.15, 0.2) is 0 Å². The molecule has 0 amide bonds. The van der Waals surface area contributed by atoms with Crippen LogP contribution in [0.5, 0.6) is 0 Å². The quantitative estimate of drug-likeness (QED) is 0.836. The summed E-state index contributed by atoms with van der Waals surface area (Å²) < 4.78 is 1.00. The molecule has 2 heterocycles. The first kappa shape index (κ1) is 11.6. The predicted molar refractivity (Wildman–Crippen MR) is 65.6 cm³/mol. The molecule has 1 saturated heterocycles. The maximum Gasteiger partial charge on any atom is 0.0669 e. The van der Waals surface area contributed by atoms with Crippen LogP contribution in [0.4, 0.5) is 0 Å². The summed E-state index contributed by atoms with van der Waals surface area (Å²) in [4.78, 5) is 6.66. The second-order valence-corrected chi connectivity index (χ2v) is 5.09. The van der Waals surface area contributed by atoms with Gasteiger partial charge in [-0.3, -0.25) is 9.88 Å². The Balaban J connectivity index is 1.94. The standard InChI is InChI=1S/C12H14BrN3/c13-11-3-4-12(15-7-11)9-16-5-1-2-10(6-14)8-16/h3-4,7,10H,1-2,5,8-9H2. The fourth-order valence-electron chi connectivity index (χ4n) is 2.03. The van der Waals surface area contributed by atoms with Crippen LogP contribution in [-0.2, 0) is 6.54 Å². The summed E-state index contributed by atoms with van der Waals surface area (Å²) in [6.07, 6.45) is 3.98. The molecule has 2 rings (SSSR count). The van der Waals surface area contributed by atoms with Crippen molar-refractivity contribution in [2.45, 2.75) is 19.4 Å². The highest BCUT2D eigenvalue weighted by Gasteiger charge is 2.19. The van der Waals surface area contributed by atoms with Gasteiger partial charge in [-0.2, -0.15) is 5.26 Å². The summed E-state index contributed by atoms with van der Waals surface area (Å²) in [5.74, 6) is 0.198. The molecular formula is C12H14BrN3. The van der Waals surface area contributed by atoms with Crippen molar-refractivity contribution in [2.75, 3.05) is 13.1 Å². The van der Waals surface area contributed by atoms with Gasteiger partial charge in [0, 0.05) is 23.8 Å². The first-order valence-electron chi connectivity index (χ1n) is 5.50. The zero-order valence-corrected chi connectivity index (χ0v) is 10.7. The average Bonchev–Trinajstić information content (AvgIpc) is 2.32. The normalized spacial score (nSPS) is 21.6. The highest BCUT2D eigenvalue weighted by molar-refractivity contribution is 9.10. The molecule has 0 radical (unpaired) electrons. The fraction of sp³-hybridized carbons (Fsp3) is 0.500. The molecule has 0 bridgehead atoms. The third-order valence-electron chi connectivity index (χ3n) is 2.86. The molecule has 16 heavy (non-hydrogen) atoms. The molecule has 1 aliphatic heterocycles. The van der Waals surface area contributed by atoms with Gasteiger partial charge < -0.3 is 0 Å². The van der Waals surface area contributed by atoms with Crippen LogP contribution in [0.1, 0.15) is 18.5 Å². The molecule has 0 N–H and O–H groups in total. The summed E-state index contributed by atoms with van der Waals surface area (Å²) in [5, 5.41) is 8.91. The van der Waals surface area contributed by atoms with Gasteiger partial charge in [-0.1, -0.05) is 0 Å². The van der Waals surface area contributed by atoms with Crippen LogP contribution in [0.2, 0.25) is 0 Å². The van der Waals surface area contributed by atoms with E-state index in [0.717, 1.165) is 42.6 Å². The molecule has 0 aliphatic carbocycles. The van der Waals surface area contributed by atoms with E-state index < -0.39 is 0 Å². The van der Waals surface area contributed by atoms with Crippen molar-refractivity contribution in [1.29, 1.82) is 5.26 Å². The van der Waals surface area contributed by atoms with E-state index in [4.69, 9.17) is 5.26 Å². The van der Waals surface area contributed by atoms with Crippen LogP contribution < -0.4 is 0 Å². The van der Waals surface area contributed by atoms with E-state index in [9.17, 15) is 0 Å². The van der Waals surface area contributed by atoms with Crippen LogP contribution in [0.3, 0.4) is 0 Å². The average molecular weight is 280 g/mol. The number of hydrogen-bond acceptors (Lipinski definition) is 3. The SMILES string of the molecule is N#CC1CCCN(Cc2ccc(Br)cn2)C1. The van der Waals surface area contributed by atoms with Crippen molar-refractivity contribution in [3.8, 4) is 6.07 Å². The first-order chi connectivity index (χ1) is 7.78. The van der Waals surface area contributed by atoms with E-state index in [1.807, 2.05) is 18.3 Å². The van der Waals surface area contributed by atoms with Crippen molar-refractivity contribution < 1.29 is 0 Å². The smallest absolute Gasteiger partial charge is 0.0669 e. The Labute approximate surface area is 104 Å². The summed E-state index contributed by atoms with van der Waals surface area (Å²) in [6.45, 7) is 2.82. The maximum absolute atomic E-state index is 8.91. The minimum absolute atomic E-state index is 0.198. The van der Waals surface area contributed by atoms with Gasteiger partial charge in [0.1, 0.15) is 0 Å². The second kappa shape index (κ2) is 5.42. The number of pyridine rings is 1. The van der Waals surface area contributed by atoms with E-state index in [1.165, 1.54) is 0 Å². The lowest BCUT2D eigenvalue weighted by molar-refractivity contribution is 0.190. The zero-order valence-electron chi connectivity index (χ0n) is 9.06. The highest BCUT2D eigenvalue weighted by atomic mass is 79.9. The molecule has 0 aromatic carbocycles. The van der Waals surface area contributed by atoms with Crippen molar-refractivity contribution in [1.82, 2.24) is 9.88 Å². The number of halogens is 1. The lowest BCUT2D eigenvalue weighted by atomic mass is 10.00. The van der Waals surface area contributed by atoms with Crippen LogP contribution in [0.25, 0.3) is 0 Å². The largest absolute Gasteiger partial charge is 0.296 e. The third-order valence-corrected chi connectivity index (χ3v) is 3.33. The number of rotatable bonds is 2. The van der Waals surface area contributed by atoms with E-state index in [1.54, 1.807) is 0 Å². The topological polar surface area (TPSA) is 39.9 Å². The van der Waals surface area contributed by atoms with Crippen molar-refractivity contribution in [3.05, 3.63) is 28.5 Å². The lowest BCUT2D eigenvalue weighted by Gasteiger charge is -2.28. The Morgan fingerprint density at radius 1 is 1.56 bits per heavy atom. The van der Waals surface area contributed by atoms with Crippen LogP contribution >= 0.6 is 15.9 Å². The molecule has 1 aromatic heterocycles. The van der Waals surface area contributed by atoms with Crippen LogP contribution in [-0.4, -0.2) is 23.0 Å². The van der Waals surface area contributed by atoms with Crippen LogP contribution in [0, 0.1) is 17.2 Å².